The molecule has 0 aromatic carbocycles. The first-order valence-electron chi connectivity index (χ1n) is 7.37. The number of hydrogen-bond acceptors (Lipinski definition) is 2. The van der Waals surface area contributed by atoms with E-state index < -0.39 is 60.5 Å². The van der Waals surface area contributed by atoms with Crippen LogP contribution in [0.2, 0.25) is 0 Å². The number of carbonyl (C=O) groups is 1. The number of alkyl halides is 12. The van der Waals surface area contributed by atoms with Crippen molar-refractivity contribution >= 4 is 5.97 Å². The van der Waals surface area contributed by atoms with Crippen molar-refractivity contribution in [1.82, 2.24) is 0 Å². The van der Waals surface area contributed by atoms with Gasteiger partial charge in [-0.05, 0) is 11.8 Å². The van der Waals surface area contributed by atoms with Crippen molar-refractivity contribution < 1.29 is 62.2 Å². The number of esters is 1. The van der Waals surface area contributed by atoms with E-state index in [0.717, 1.165) is 0 Å². The van der Waals surface area contributed by atoms with E-state index in [4.69, 9.17) is 0 Å². The lowest BCUT2D eigenvalue weighted by atomic mass is 9.91. The van der Waals surface area contributed by atoms with Crippen LogP contribution in [0.3, 0.4) is 0 Å². The first-order valence-corrected chi connectivity index (χ1v) is 7.37. The fourth-order valence-corrected chi connectivity index (χ4v) is 1.58. The van der Waals surface area contributed by atoms with Gasteiger partial charge in [0.15, 0.2) is 6.61 Å². The monoisotopic (exact) mass is 444 g/mol. The lowest BCUT2D eigenvalue weighted by molar-refractivity contribution is -0.414. The van der Waals surface area contributed by atoms with E-state index >= 15 is 0 Å². The normalized spacial score (nSPS) is 15.1. The van der Waals surface area contributed by atoms with E-state index in [0.29, 0.717) is 0 Å². The van der Waals surface area contributed by atoms with Gasteiger partial charge in [0.1, 0.15) is 0 Å². The summed E-state index contributed by atoms with van der Waals surface area (Å²) in [5.74, 6) is -37.4. The van der Waals surface area contributed by atoms with Gasteiger partial charge in [-0.25, -0.2) is 8.78 Å². The number of ether oxygens (including phenoxy) is 1. The van der Waals surface area contributed by atoms with Gasteiger partial charge < -0.3 is 4.74 Å². The van der Waals surface area contributed by atoms with Gasteiger partial charge in [-0.3, -0.25) is 4.79 Å². The Balaban J connectivity index is 5.55. The van der Waals surface area contributed by atoms with E-state index in [9.17, 15) is 57.5 Å². The summed E-state index contributed by atoms with van der Waals surface area (Å²) in [6.45, 7) is 1.87. The van der Waals surface area contributed by atoms with Crippen molar-refractivity contribution in [2.75, 3.05) is 6.61 Å². The maximum Gasteiger partial charge on any atom is 0.384 e. The van der Waals surface area contributed by atoms with Crippen molar-refractivity contribution in [3.63, 3.8) is 0 Å². The van der Waals surface area contributed by atoms with Crippen molar-refractivity contribution in [3.05, 3.63) is 0 Å². The van der Waals surface area contributed by atoms with Gasteiger partial charge in [-0.15, -0.1) is 0 Å². The molecule has 0 saturated heterocycles. The summed E-state index contributed by atoms with van der Waals surface area (Å²) in [6.07, 6.45) is -6.22. The Morgan fingerprint density at radius 2 is 1.21 bits per heavy atom. The molecule has 0 aromatic heterocycles. The van der Waals surface area contributed by atoms with Gasteiger partial charge >= 0.3 is 42.0 Å². The molecule has 0 heterocycles. The lowest BCUT2D eigenvalue weighted by Crippen LogP contribution is -2.69. The van der Waals surface area contributed by atoms with Crippen LogP contribution in [0, 0.1) is 5.41 Å². The van der Waals surface area contributed by atoms with Gasteiger partial charge in [-0.2, -0.15) is 43.9 Å². The second kappa shape index (κ2) is 7.81. The summed E-state index contributed by atoms with van der Waals surface area (Å²) in [5.41, 5.74) is -0.554. The van der Waals surface area contributed by atoms with E-state index in [1.165, 1.54) is 0 Å². The van der Waals surface area contributed by atoms with E-state index in [1.54, 1.807) is 20.8 Å². The molecule has 0 saturated carbocycles. The molecule has 0 fully saturated rings. The van der Waals surface area contributed by atoms with Crippen LogP contribution in [0.5, 0.6) is 0 Å². The summed E-state index contributed by atoms with van der Waals surface area (Å²) in [4.78, 5) is 11.2. The van der Waals surface area contributed by atoms with Crippen LogP contribution in [0.4, 0.5) is 52.7 Å². The van der Waals surface area contributed by atoms with Crippen LogP contribution in [0.15, 0.2) is 0 Å². The summed E-state index contributed by atoms with van der Waals surface area (Å²) in [6, 6.07) is 0. The average molecular weight is 444 g/mol. The zero-order valence-electron chi connectivity index (χ0n) is 14.6. The standard InChI is InChI=1S/C14H16F12O2/c1-9(2,3)5-4-7(27)28-6-10(17,18)12(21,22)14(25,26)13(23,24)11(19,20)8(15)16/h8H,4-6H2,1-3H3. The molecule has 168 valence electrons. The summed E-state index contributed by atoms with van der Waals surface area (Å²) in [7, 11) is 0. The molecule has 0 aromatic rings. The van der Waals surface area contributed by atoms with Gasteiger partial charge in [0.05, 0.1) is 0 Å². The Morgan fingerprint density at radius 3 is 1.57 bits per heavy atom. The summed E-state index contributed by atoms with van der Waals surface area (Å²) in [5, 5.41) is 0. The second-order valence-electron chi connectivity index (χ2n) is 7.07. The minimum Gasteiger partial charge on any atom is -0.459 e. The third-order valence-electron chi connectivity index (χ3n) is 3.43. The third kappa shape index (κ3) is 4.97. The number of rotatable bonds is 9. The van der Waals surface area contributed by atoms with Gasteiger partial charge in [-0.1, -0.05) is 20.8 Å². The molecule has 0 unspecified atom stereocenters. The SMILES string of the molecule is CC(C)(C)CCC(=O)OCC(F)(F)C(F)(F)C(F)(F)C(F)(F)C(F)(F)C(F)F. The molecule has 0 rings (SSSR count). The number of hydrogen-bond donors (Lipinski definition) is 0. The fourth-order valence-electron chi connectivity index (χ4n) is 1.58. The van der Waals surface area contributed by atoms with Crippen LogP contribution >= 0.6 is 0 Å². The van der Waals surface area contributed by atoms with E-state index in [2.05, 4.69) is 4.74 Å². The molecule has 2 nitrogen and oxygen atoms in total. The van der Waals surface area contributed by atoms with Crippen molar-refractivity contribution in [2.45, 2.75) is 69.7 Å². The van der Waals surface area contributed by atoms with Crippen LogP contribution < -0.4 is 0 Å². The summed E-state index contributed by atoms with van der Waals surface area (Å²) >= 11 is 0. The molecule has 0 atom stereocenters. The highest BCUT2D eigenvalue weighted by atomic mass is 19.4. The van der Waals surface area contributed by atoms with Crippen molar-refractivity contribution in [1.29, 1.82) is 0 Å². The maximum absolute atomic E-state index is 13.4. The highest BCUT2D eigenvalue weighted by molar-refractivity contribution is 5.69. The molecule has 0 amide bonds. The molecule has 0 bridgehead atoms. The lowest BCUT2D eigenvalue weighted by Gasteiger charge is -2.38. The smallest absolute Gasteiger partial charge is 0.384 e. The van der Waals surface area contributed by atoms with Crippen LogP contribution in [0.25, 0.3) is 0 Å². The quantitative estimate of drug-likeness (QED) is 0.332. The minimum atomic E-state index is -7.62. The first kappa shape index (κ1) is 26.6. The highest BCUT2D eigenvalue weighted by Gasteiger charge is 2.87. The second-order valence-corrected chi connectivity index (χ2v) is 7.07. The maximum atomic E-state index is 13.4. The fraction of sp³-hybridized carbons (Fsp3) is 0.929. The van der Waals surface area contributed by atoms with Crippen molar-refractivity contribution in [2.24, 2.45) is 5.41 Å². The Bertz CT molecular complexity index is 551. The molecular weight excluding hydrogens is 428 g/mol. The molecule has 14 heteroatoms. The Morgan fingerprint density at radius 1 is 0.786 bits per heavy atom. The summed E-state index contributed by atoms with van der Waals surface area (Å²) < 4.78 is 159. The Labute approximate surface area is 151 Å². The molecule has 0 aliphatic carbocycles. The topological polar surface area (TPSA) is 26.3 Å². The molecule has 0 aliphatic heterocycles. The van der Waals surface area contributed by atoms with Gasteiger partial charge in [0.2, 0.25) is 0 Å². The van der Waals surface area contributed by atoms with E-state index in [1.807, 2.05) is 0 Å². The molecule has 0 radical (unpaired) electrons. The van der Waals surface area contributed by atoms with Crippen LogP contribution in [-0.2, 0) is 9.53 Å². The third-order valence-corrected chi connectivity index (χ3v) is 3.43. The van der Waals surface area contributed by atoms with Crippen LogP contribution in [-0.4, -0.2) is 48.6 Å². The average Bonchev–Trinajstić information content (AvgIpc) is 2.49. The number of carbonyl (C=O) groups excluding carboxylic acids is 1. The largest absolute Gasteiger partial charge is 0.459 e. The zero-order chi connectivity index (χ0) is 23.0. The number of halogens is 12. The minimum absolute atomic E-state index is 0.0252. The predicted molar refractivity (Wildman–Crippen MR) is 70.4 cm³/mol. The van der Waals surface area contributed by atoms with E-state index in [-0.39, 0.29) is 6.42 Å². The molecule has 0 spiro atoms. The Kier molecular flexibility index (Phi) is 7.42. The van der Waals surface area contributed by atoms with Crippen LogP contribution in [0.1, 0.15) is 33.6 Å². The predicted octanol–water partition coefficient (Wildman–Crippen LogP) is 5.80. The molecule has 0 aliphatic rings. The zero-order valence-corrected chi connectivity index (χ0v) is 14.6. The molecule has 28 heavy (non-hydrogen) atoms. The van der Waals surface area contributed by atoms with Crippen molar-refractivity contribution in [3.8, 4) is 0 Å². The highest BCUT2D eigenvalue weighted by Crippen LogP contribution is 2.58. The molecule has 0 N–H and O–H groups in total. The van der Waals surface area contributed by atoms with Gasteiger partial charge in [0.25, 0.3) is 0 Å². The molecular formula is C14H16F12O2. The Hall–Kier alpha value is -1.37. The first-order chi connectivity index (χ1) is 12.0. The van der Waals surface area contributed by atoms with Gasteiger partial charge in [0, 0.05) is 6.42 Å².